The lowest BCUT2D eigenvalue weighted by atomic mass is 10.1. The molecule has 0 radical (unpaired) electrons. The van der Waals surface area contributed by atoms with Crippen molar-refractivity contribution in [3.05, 3.63) is 94.9 Å². The smallest absolute Gasteiger partial charge is 0.406 e. The van der Waals surface area contributed by atoms with Gasteiger partial charge in [0.2, 0.25) is 0 Å². The number of nitrogens with zero attached hydrogens (tertiary/aromatic N) is 2. The SMILES string of the molecule is O=C(Nc1ccc(OC(F)(F)F)cc1)c1nn(-c2ccccc2)c(=O)c2ccccc12. The second-order valence-electron chi connectivity index (χ2n) is 6.47. The summed E-state index contributed by atoms with van der Waals surface area (Å²) in [5, 5.41) is 7.50. The lowest BCUT2D eigenvalue weighted by Gasteiger charge is -2.12. The summed E-state index contributed by atoms with van der Waals surface area (Å²) < 4.78 is 41.9. The van der Waals surface area contributed by atoms with E-state index in [1.807, 2.05) is 0 Å². The van der Waals surface area contributed by atoms with Gasteiger partial charge in [-0.3, -0.25) is 9.59 Å². The number of halogens is 3. The first kappa shape index (κ1) is 20.1. The molecule has 3 aromatic carbocycles. The molecule has 0 aliphatic carbocycles. The van der Waals surface area contributed by atoms with Gasteiger partial charge in [0, 0.05) is 11.1 Å². The Kier molecular flexibility index (Phi) is 5.16. The molecular formula is C22H14F3N3O3. The normalized spacial score (nSPS) is 11.3. The van der Waals surface area contributed by atoms with Crippen LogP contribution < -0.4 is 15.6 Å². The van der Waals surface area contributed by atoms with Gasteiger partial charge in [-0.25, -0.2) is 0 Å². The van der Waals surface area contributed by atoms with Crippen molar-refractivity contribution in [1.29, 1.82) is 0 Å². The Hall–Kier alpha value is -4.14. The molecule has 1 heterocycles. The molecule has 0 aliphatic rings. The molecule has 0 saturated heterocycles. The van der Waals surface area contributed by atoms with E-state index in [4.69, 9.17) is 0 Å². The molecular weight excluding hydrogens is 411 g/mol. The zero-order chi connectivity index (χ0) is 22.0. The summed E-state index contributed by atoms with van der Waals surface area (Å²) in [7, 11) is 0. The van der Waals surface area contributed by atoms with E-state index >= 15 is 0 Å². The molecule has 0 spiro atoms. The molecule has 1 aromatic heterocycles. The zero-order valence-corrected chi connectivity index (χ0v) is 15.8. The first-order chi connectivity index (χ1) is 14.8. The Morgan fingerprint density at radius 3 is 2.13 bits per heavy atom. The van der Waals surface area contributed by atoms with E-state index in [9.17, 15) is 22.8 Å². The van der Waals surface area contributed by atoms with Gasteiger partial charge in [-0.2, -0.15) is 9.78 Å². The van der Waals surface area contributed by atoms with Crippen molar-refractivity contribution in [2.24, 2.45) is 0 Å². The maximum Gasteiger partial charge on any atom is 0.573 e. The molecule has 1 amide bonds. The van der Waals surface area contributed by atoms with Gasteiger partial charge in [0.1, 0.15) is 5.75 Å². The van der Waals surface area contributed by atoms with Gasteiger partial charge in [0.25, 0.3) is 11.5 Å². The number of hydrogen-bond acceptors (Lipinski definition) is 4. The number of ether oxygens (including phenoxy) is 1. The monoisotopic (exact) mass is 425 g/mol. The van der Waals surface area contributed by atoms with Crippen molar-refractivity contribution in [2.45, 2.75) is 6.36 Å². The van der Waals surface area contributed by atoms with Crippen LogP contribution in [0.4, 0.5) is 18.9 Å². The molecule has 6 nitrogen and oxygen atoms in total. The zero-order valence-electron chi connectivity index (χ0n) is 15.8. The number of fused-ring (bicyclic) bond motifs is 1. The Bertz CT molecular complexity index is 1300. The fraction of sp³-hybridized carbons (Fsp3) is 0.0455. The van der Waals surface area contributed by atoms with Crippen molar-refractivity contribution in [1.82, 2.24) is 9.78 Å². The van der Waals surface area contributed by atoms with Gasteiger partial charge < -0.3 is 10.1 Å². The molecule has 1 N–H and O–H groups in total. The molecule has 0 bridgehead atoms. The van der Waals surface area contributed by atoms with Crippen LogP contribution in [0.25, 0.3) is 16.5 Å². The number of rotatable bonds is 4. The minimum Gasteiger partial charge on any atom is -0.406 e. The second-order valence-corrected chi connectivity index (χ2v) is 6.47. The third-order valence-electron chi connectivity index (χ3n) is 4.37. The van der Waals surface area contributed by atoms with E-state index < -0.39 is 18.0 Å². The molecule has 0 unspecified atom stereocenters. The van der Waals surface area contributed by atoms with Crippen LogP contribution in [-0.4, -0.2) is 22.1 Å². The highest BCUT2D eigenvalue weighted by Crippen LogP contribution is 2.24. The first-order valence-electron chi connectivity index (χ1n) is 9.06. The molecule has 4 aromatic rings. The van der Waals surface area contributed by atoms with E-state index in [1.165, 1.54) is 12.1 Å². The quantitative estimate of drug-likeness (QED) is 0.521. The molecule has 31 heavy (non-hydrogen) atoms. The minimum atomic E-state index is -4.81. The maximum absolute atomic E-state index is 12.9. The number of carbonyl (C=O) groups excluding carboxylic acids is 1. The van der Waals surface area contributed by atoms with Crippen molar-refractivity contribution >= 4 is 22.4 Å². The minimum absolute atomic E-state index is 0.00493. The average molecular weight is 425 g/mol. The fourth-order valence-corrected chi connectivity index (χ4v) is 3.03. The molecule has 4 rings (SSSR count). The van der Waals surface area contributed by atoms with Crippen molar-refractivity contribution in [3.8, 4) is 11.4 Å². The molecule has 9 heteroatoms. The number of aromatic nitrogens is 2. The number of benzene rings is 3. The predicted octanol–water partition coefficient (Wildman–Crippen LogP) is 4.54. The first-order valence-corrected chi connectivity index (χ1v) is 9.06. The second kappa shape index (κ2) is 7.94. The molecule has 0 saturated carbocycles. The van der Waals surface area contributed by atoms with Gasteiger partial charge in [-0.1, -0.05) is 36.4 Å². The van der Waals surface area contributed by atoms with E-state index in [0.717, 1.165) is 16.8 Å². The summed E-state index contributed by atoms with van der Waals surface area (Å²) in [6, 6.07) is 19.9. The molecule has 156 valence electrons. The van der Waals surface area contributed by atoms with Crippen LogP contribution >= 0.6 is 0 Å². The van der Waals surface area contributed by atoms with Gasteiger partial charge in [-0.05, 0) is 42.5 Å². The summed E-state index contributed by atoms with van der Waals surface area (Å²) in [5.41, 5.74) is 0.338. The van der Waals surface area contributed by atoms with Gasteiger partial charge in [-0.15, -0.1) is 13.2 Å². The Morgan fingerprint density at radius 1 is 0.871 bits per heavy atom. The number of para-hydroxylation sites is 1. The van der Waals surface area contributed by atoms with Crippen molar-refractivity contribution < 1.29 is 22.7 Å². The highest BCUT2D eigenvalue weighted by molar-refractivity contribution is 6.11. The third-order valence-corrected chi connectivity index (χ3v) is 4.37. The van der Waals surface area contributed by atoms with E-state index in [-0.39, 0.29) is 16.9 Å². The summed E-state index contributed by atoms with van der Waals surface area (Å²) in [4.78, 5) is 25.8. The number of carbonyl (C=O) groups is 1. The molecule has 0 aliphatic heterocycles. The van der Waals surface area contributed by atoms with E-state index in [2.05, 4.69) is 15.2 Å². The van der Waals surface area contributed by atoms with Crippen molar-refractivity contribution in [3.63, 3.8) is 0 Å². The van der Waals surface area contributed by atoms with E-state index in [0.29, 0.717) is 16.5 Å². The number of anilines is 1. The predicted molar refractivity (Wildman–Crippen MR) is 108 cm³/mol. The summed E-state index contributed by atoms with van der Waals surface area (Å²) in [6.07, 6.45) is -4.81. The Morgan fingerprint density at radius 2 is 1.48 bits per heavy atom. The van der Waals surface area contributed by atoms with Gasteiger partial charge in [0.15, 0.2) is 5.69 Å². The lowest BCUT2D eigenvalue weighted by Crippen LogP contribution is -2.26. The van der Waals surface area contributed by atoms with Gasteiger partial charge >= 0.3 is 6.36 Å². The summed E-state index contributed by atoms with van der Waals surface area (Å²) >= 11 is 0. The van der Waals surface area contributed by atoms with Crippen LogP contribution in [0.5, 0.6) is 5.75 Å². The van der Waals surface area contributed by atoms with Crippen LogP contribution in [0, 0.1) is 0 Å². The van der Waals surface area contributed by atoms with Crippen LogP contribution in [0.3, 0.4) is 0 Å². The van der Waals surface area contributed by atoms with Crippen LogP contribution in [0.15, 0.2) is 83.7 Å². The lowest BCUT2D eigenvalue weighted by molar-refractivity contribution is -0.274. The van der Waals surface area contributed by atoms with Crippen molar-refractivity contribution in [2.75, 3.05) is 5.32 Å². The number of amides is 1. The summed E-state index contributed by atoms with van der Waals surface area (Å²) in [5.74, 6) is -1.03. The number of hydrogen-bond donors (Lipinski definition) is 1. The standard InChI is InChI=1S/C22H14F3N3O3/c23-22(24,25)31-16-12-10-14(11-13-16)26-20(29)19-17-8-4-5-9-18(17)21(30)28(27-19)15-6-2-1-3-7-15/h1-13H,(H,26,29). The molecule has 0 atom stereocenters. The van der Waals surface area contributed by atoms with Crippen LogP contribution in [0.2, 0.25) is 0 Å². The molecule has 0 fully saturated rings. The third kappa shape index (κ3) is 4.40. The largest absolute Gasteiger partial charge is 0.573 e. The highest BCUT2D eigenvalue weighted by Gasteiger charge is 2.31. The topological polar surface area (TPSA) is 73.2 Å². The van der Waals surface area contributed by atoms with Crippen LogP contribution in [-0.2, 0) is 0 Å². The fourth-order valence-electron chi connectivity index (χ4n) is 3.03. The maximum atomic E-state index is 12.9. The number of alkyl halides is 3. The summed E-state index contributed by atoms with van der Waals surface area (Å²) in [6.45, 7) is 0. The number of nitrogens with one attached hydrogen (secondary N) is 1. The highest BCUT2D eigenvalue weighted by atomic mass is 19.4. The Balaban J connectivity index is 1.71. The van der Waals surface area contributed by atoms with Crippen LogP contribution in [0.1, 0.15) is 10.5 Å². The Labute approximate surface area is 173 Å². The average Bonchev–Trinajstić information content (AvgIpc) is 2.75. The van der Waals surface area contributed by atoms with E-state index in [1.54, 1.807) is 54.6 Å². The van der Waals surface area contributed by atoms with Gasteiger partial charge in [0.05, 0.1) is 11.1 Å².